The van der Waals surface area contributed by atoms with E-state index >= 15 is 0 Å². The van der Waals surface area contributed by atoms with Crippen LogP contribution in [0.3, 0.4) is 0 Å². The number of nitrogens with zero attached hydrogens (tertiary/aromatic N) is 1. The minimum absolute atomic E-state index is 0.836. The van der Waals surface area contributed by atoms with E-state index in [1.807, 2.05) is 0 Å². The maximum absolute atomic E-state index is 2.41. The smallest absolute Gasteiger partial charge is 0.193 e. The van der Waals surface area contributed by atoms with Crippen LogP contribution < -0.4 is 4.57 Å². The number of hydrogen-bond donors (Lipinski definition) is 0. The lowest BCUT2D eigenvalue weighted by atomic mass is 9.90. The fourth-order valence-electron chi connectivity index (χ4n) is 5.41. The molecule has 0 aliphatic heterocycles. The van der Waals surface area contributed by atoms with Crippen LogP contribution in [-0.4, -0.2) is 0 Å². The Kier molecular flexibility index (Phi) is 3.97. The van der Waals surface area contributed by atoms with Crippen LogP contribution in [0.1, 0.15) is 5.56 Å². The molecule has 0 aliphatic carbocycles. The van der Waals surface area contributed by atoms with Crippen molar-refractivity contribution in [1.82, 2.24) is 0 Å². The van der Waals surface area contributed by atoms with E-state index in [2.05, 4.69) is 126 Å². The molecule has 1 heterocycles. The molecule has 7 aromatic rings. The molecule has 33 heavy (non-hydrogen) atoms. The molecular formula is C32H22N+. The lowest BCUT2D eigenvalue weighted by Gasteiger charge is -2.15. The Hall–Kier alpha value is -4.23. The number of hydrogen-bond acceptors (Lipinski definition) is 0. The van der Waals surface area contributed by atoms with Crippen molar-refractivity contribution in [3.63, 3.8) is 0 Å². The van der Waals surface area contributed by atoms with Crippen molar-refractivity contribution in [2.24, 2.45) is 0 Å². The summed E-state index contributed by atoms with van der Waals surface area (Å²) in [6.45, 7) is 0.836. The molecule has 0 N–H and O–H groups in total. The quantitative estimate of drug-likeness (QED) is 0.203. The van der Waals surface area contributed by atoms with Crippen LogP contribution in [0.5, 0.6) is 0 Å². The second-order valence-electron chi connectivity index (χ2n) is 8.83. The van der Waals surface area contributed by atoms with Gasteiger partial charge in [0.1, 0.15) is 0 Å². The van der Waals surface area contributed by atoms with Gasteiger partial charge in [0.25, 0.3) is 0 Å². The summed E-state index contributed by atoms with van der Waals surface area (Å²) in [5, 5.41) is 10.5. The molecule has 0 saturated heterocycles. The second kappa shape index (κ2) is 7.15. The van der Waals surface area contributed by atoms with Gasteiger partial charge in [0.15, 0.2) is 12.7 Å². The maximum atomic E-state index is 2.41. The predicted octanol–water partition coefficient (Wildman–Crippen LogP) is 7.74. The predicted molar refractivity (Wildman–Crippen MR) is 139 cm³/mol. The molecule has 0 spiro atoms. The topological polar surface area (TPSA) is 3.88 Å². The molecule has 154 valence electrons. The highest BCUT2D eigenvalue weighted by Gasteiger charge is 2.21. The zero-order valence-corrected chi connectivity index (χ0v) is 18.2. The summed E-state index contributed by atoms with van der Waals surface area (Å²) in [7, 11) is 0. The number of rotatable bonds is 3. The highest BCUT2D eigenvalue weighted by Crippen LogP contribution is 2.39. The molecule has 1 nitrogen and oxygen atoms in total. The van der Waals surface area contributed by atoms with E-state index in [1.165, 1.54) is 59.9 Å². The first kappa shape index (κ1) is 18.4. The molecule has 0 atom stereocenters. The van der Waals surface area contributed by atoms with Crippen LogP contribution in [-0.2, 0) is 6.54 Å². The minimum atomic E-state index is 0.836. The summed E-state index contributed by atoms with van der Waals surface area (Å²) >= 11 is 0. The Bertz CT molecular complexity index is 1760. The third kappa shape index (κ3) is 2.83. The van der Waals surface area contributed by atoms with Crippen molar-refractivity contribution in [3.8, 4) is 11.3 Å². The Labute approximate surface area is 192 Å². The summed E-state index contributed by atoms with van der Waals surface area (Å²) < 4.78 is 2.41. The average Bonchev–Trinajstić information content (AvgIpc) is 2.88. The van der Waals surface area contributed by atoms with E-state index in [1.54, 1.807) is 0 Å². The van der Waals surface area contributed by atoms with Gasteiger partial charge in [-0.05, 0) is 49.8 Å². The molecular weight excluding hydrogens is 398 g/mol. The normalized spacial score (nSPS) is 11.8. The fourth-order valence-corrected chi connectivity index (χ4v) is 5.41. The molecule has 0 unspecified atom stereocenters. The molecule has 0 saturated carbocycles. The van der Waals surface area contributed by atoms with E-state index in [-0.39, 0.29) is 0 Å². The monoisotopic (exact) mass is 420 g/mol. The molecule has 0 radical (unpaired) electrons. The van der Waals surface area contributed by atoms with Crippen LogP contribution in [0.2, 0.25) is 0 Å². The molecule has 0 fully saturated rings. The van der Waals surface area contributed by atoms with Crippen molar-refractivity contribution in [3.05, 3.63) is 127 Å². The largest absolute Gasteiger partial charge is 0.221 e. The molecule has 7 rings (SSSR count). The standard InChI is InChI=1S/C32H22N/c1-2-7-22(8-3-1)21-33-20-19-23-9-4-5-12-27(23)32(33)29-18-16-26-14-13-24-10-6-11-25-15-17-28(29)31(26)30(24)25/h1-20H,21H2/q+1. The van der Waals surface area contributed by atoms with Gasteiger partial charge in [0.2, 0.25) is 5.69 Å². The van der Waals surface area contributed by atoms with Crippen molar-refractivity contribution in [2.45, 2.75) is 6.54 Å². The Morgan fingerprint density at radius 3 is 1.97 bits per heavy atom. The van der Waals surface area contributed by atoms with Crippen molar-refractivity contribution in [2.75, 3.05) is 0 Å². The third-order valence-corrected chi connectivity index (χ3v) is 6.92. The number of benzene rings is 6. The van der Waals surface area contributed by atoms with Gasteiger partial charge >= 0.3 is 0 Å². The van der Waals surface area contributed by atoms with E-state index in [9.17, 15) is 0 Å². The Balaban J connectivity index is 1.59. The van der Waals surface area contributed by atoms with Crippen molar-refractivity contribution >= 4 is 43.1 Å². The Morgan fingerprint density at radius 1 is 0.455 bits per heavy atom. The minimum Gasteiger partial charge on any atom is -0.193 e. The molecule has 1 aromatic heterocycles. The van der Waals surface area contributed by atoms with Crippen LogP contribution in [0, 0.1) is 0 Å². The average molecular weight is 421 g/mol. The van der Waals surface area contributed by atoms with Gasteiger partial charge in [-0.15, -0.1) is 0 Å². The zero-order chi connectivity index (χ0) is 21.8. The van der Waals surface area contributed by atoms with Gasteiger partial charge in [-0.2, -0.15) is 4.57 Å². The van der Waals surface area contributed by atoms with E-state index < -0.39 is 0 Å². The number of pyridine rings is 1. The van der Waals surface area contributed by atoms with Crippen molar-refractivity contribution < 1.29 is 4.57 Å². The van der Waals surface area contributed by atoms with Gasteiger partial charge < -0.3 is 0 Å². The molecule has 1 heteroatoms. The first-order chi connectivity index (χ1) is 16.4. The lowest BCUT2D eigenvalue weighted by Crippen LogP contribution is -2.36. The van der Waals surface area contributed by atoms with Crippen LogP contribution in [0.25, 0.3) is 54.3 Å². The molecule has 0 bridgehead atoms. The summed E-state index contributed by atoms with van der Waals surface area (Å²) in [4.78, 5) is 0. The summed E-state index contributed by atoms with van der Waals surface area (Å²) in [6, 6.07) is 42.0. The van der Waals surface area contributed by atoms with Gasteiger partial charge in [-0.1, -0.05) is 97.1 Å². The van der Waals surface area contributed by atoms with Gasteiger partial charge in [0.05, 0.1) is 10.9 Å². The summed E-state index contributed by atoms with van der Waals surface area (Å²) in [5.41, 5.74) is 3.86. The van der Waals surface area contributed by atoms with Gasteiger partial charge in [-0.25, -0.2) is 0 Å². The molecule has 0 amide bonds. The zero-order valence-electron chi connectivity index (χ0n) is 18.2. The molecule has 6 aromatic carbocycles. The van der Waals surface area contributed by atoms with Crippen molar-refractivity contribution in [1.29, 1.82) is 0 Å². The summed E-state index contributed by atoms with van der Waals surface area (Å²) in [6.07, 6.45) is 2.24. The van der Waals surface area contributed by atoms with E-state index in [0.717, 1.165) is 6.54 Å². The lowest BCUT2D eigenvalue weighted by molar-refractivity contribution is -0.676. The fraction of sp³-hybridized carbons (Fsp3) is 0.0312. The van der Waals surface area contributed by atoms with Crippen LogP contribution in [0.15, 0.2) is 121 Å². The third-order valence-electron chi connectivity index (χ3n) is 6.92. The highest BCUT2D eigenvalue weighted by atomic mass is 15.0. The second-order valence-corrected chi connectivity index (χ2v) is 8.83. The van der Waals surface area contributed by atoms with E-state index in [4.69, 9.17) is 0 Å². The highest BCUT2D eigenvalue weighted by molar-refractivity contribution is 6.25. The van der Waals surface area contributed by atoms with E-state index in [0.29, 0.717) is 0 Å². The Morgan fingerprint density at radius 2 is 1.12 bits per heavy atom. The SMILES string of the molecule is c1ccc(C[n+]2ccc3ccccc3c2-c2ccc3ccc4cccc5ccc2c3c45)cc1. The maximum Gasteiger partial charge on any atom is 0.221 e. The first-order valence-electron chi connectivity index (χ1n) is 11.5. The van der Waals surface area contributed by atoms with Gasteiger partial charge in [-0.3, -0.25) is 0 Å². The number of aromatic nitrogens is 1. The molecule has 0 aliphatic rings. The van der Waals surface area contributed by atoms with Gasteiger partial charge in [0, 0.05) is 11.6 Å². The number of fused-ring (bicyclic) bond motifs is 1. The first-order valence-corrected chi connectivity index (χ1v) is 11.5. The van der Waals surface area contributed by atoms with Crippen LogP contribution in [0.4, 0.5) is 0 Å². The summed E-state index contributed by atoms with van der Waals surface area (Å²) in [5.74, 6) is 0. The van der Waals surface area contributed by atoms with Crippen LogP contribution >= 0.6 is 0 Å².